The fourth-order valence-electron chi connectivity index (χ4n) is 5.31. The van der Waals surface area contributed by atoms with E-state index in [0.29, 0.717) is 0 Å². The van der Waals surface area contributed by atoms with Crippen molar-refractivity contribution in [3.8, 4) is 11.5 Å². The highest BCUT2D eigenvalue weighted by Gasteiger charge is 2.64. The second-order valence-corrected chi connectivity index (χ2v) is 14.1. The molecule has 3 aromatic rings. The van der Waals surface area contributed by atoms with Crippen LogP contribution in [0.4, 0.5) is 0 Å². The van der Waals surface area contributed by atoms with Gasteiger partial charge in [0.25, 0.3) is 0 Å². The Bertz CT molecular complexity index is 982. The average molecular weight is 464 g/mol. The fourth-order valence-corrected chi connectivity index (χ4v) is 12.4. The van der Waals surface area contributed by atoms with E-state index in [2.05, 4.69) is 78.9 Å². The highest BCUT2D eigenvalue weighted by molar-refractivity contribution is 7.87. The minimum atomic E-state index is -1.40. The predicted octanol–water partition coefficient (Wildman–Crippen LogP) is 6.55. The number of rotatable bonds is 9. The SMILES string of the molecule is COc1ccc(C(S)(C[P+](c2ccccc2)(C2CC2)C2CC2)c2ccc(OC)cc2)cc1. The van der Waals surface area contributed by atoms with Gasteiger partial charge in [-0.2, -0.15) is 12.6 Å². The summed E-state index contributed by atoms with van der Waals surface area (Å²) in [6.07, 6.45) is 6.58. The summed E-state index contributed by atoms with van der Waals surface area (Å²) in [7, 11) is 2.04. The molecule has 0 aromatic heterocycles. The maximum Gasteiger partial charge on any atom is 0.118 e. The molecule has 0 saturated heterocycles. The van der Waals surface area contributed by atoms with Gasteiger partial charge in [0, 0.05) is 0 Å². The number of ether oxygens (including phenoxy) is 2. The van der Waals surface area contributed by atoms with Gasteiger partial charge in [-0.25, -0.2) is 0 Å². The third-order valence-corrected chi connectivity index (χ3v) is 14.1. The lowest BCUT2D eigenvalue weighted by Crippen LogP contribution is -2.34. The summed E-state index contributed by atoms with van der Waals surface area (Å²) in [5.41, 5.74) is 4.18. The highest BCUT2D eigenvalue weighted by atomic mass is 32.1. The summed E-state index contributed by atoms with van der Waals surface area (Å²) in [5.74, 6) is 1.76. The molecule has 3 aromatic carbocycles. The summed E-state index contributed by atoms with van der Waals surface area (Å²) in [4.78, 5) is 0. The molecule has 0 aliphatic heterocycles. The molecule has 2 aliphatic carbocycles. The van der Waals surface area contributed by atoms with Gasteiger partial charge in [0.1, 0.15) is 11.5 Å². The largest absolute Gasteiger partial charge is 0.497 e. The van der Waals surface area contributed by atoms with Gasteiger partial charge < -0.3 is 9.47 Å². The van der Waals surface area contributed by atoms with Crippen LogP contribution in [0.1, 0.15) is 36.8 Å². The Morgan fingerprint density at radius 2 is 1.16 bits per heavy atom. The van der Waals surface area contributed by atoms with Crippen LogP contribution in [0.5, 0.6) is 11.5 Å². The van der Waals surface area contributed by atoms with Crippen molar-refractivity contribution in [2.75, 3.05) is 20.4 Å². The van der Waals surface area contributed by atoms with Gasteiger partial charge in [-0.05, 0) is 73.2 Å². The zero-order chi connectivity index (χ0) is 22.2. The van der Waals surface area contributed by atoms with Gasteiger partial charge in [-0.15, -0.1) is 0 Å². The van der Waals surface area contributed by atoms with Crippen LogP contribution >= 0.6 is 19.9 Å². The Labute approximate surface area is 198 Å². The average Bonchev–Trinajstić information content (AvgIpc) is 3.76. The van der Waals surface area contributed by atoms with Gasteiger partial charge in [0.05, 0.1) is 49.0 Å². The molecule has 0 atom stereocenters. The molecule has 0 unspecified atom stereocenters. The second kappa shape index (κ2) is 8.76. The van der Waals surface area contributed by atoms with E-state index in [1.165, 1.54) is 36.8 Å². The van der Waals surface area contributed by atoms with Crippen LogP contribution < -0.4 is 14.8 Å². The first-order valence-corrected chi connectivity index (χ1v) is 14.1. The summed E-state index contributed by atoms with van der Waals surface area (Å²) in [5, 5.41) is 1.60. The molecule has 2 aliphatic rings. The Kier molecular flexibility index (Phi) is 5.99. The summed E-state index contributed by atoms with van der Waals surface area (Å²) in [6.45, 7) is 0. The van der Waals surface area contributed by atoms with Gasteiger partial charge >= 0.3 is 0 Å². The summed E-state index contributed by atoms with van der Waals surface area (Å²) in [6, 6.07) is 28.5. The van der Waals surface area contributed by atoms with Gasteiger partial charge in [0.2, 0.25) is 0 Å². The highest BCUT2D eigenvalue weighted by Crippen LogP contribution is 2.80. The van der Waals surface area contributed by atoms with Gasteiger partial charge in [-0.1, -0.05) is 42.5 Å². The monoisotopic (exact) mass is 463 g/mol. The molecule has 32 heavy (non-hydrogen) atoms. The third kappa shape index (κ3) is 3.95. The van der Waals surface area contributed by atoms with Crippen LogP contribution in [0.15, 0.2) is 78.9 Å². The number of hydrogen-bond acceptors (Lipinski definition) is 3. The van der Waals surface area contributed by atoms with Crippen molar-refractivity contribution >= 4 is 25.2 Å². The Balaban J connectivity index is 1.65. The lowest BCUT2D eigenvalue weighted by Gasteiger charge is -2.38. The molecule has 5 rings (SSSR count). The predicted molar refractivity (Wildman–Crippen MR) is 140 cm³/mol. The van der Waals surface area contributed by atoms with Gasteiger partial charge in [0.15, 0.2) is 0 Å². The van der Waals surface area contributed by atoms with Crippen LogP contribution in [-0.2, 0) is 4.75 Å². The minimum absolute atomic E-state index is 0.368. The van der Waals surface area contributed by atoms with Crippen molar-refractivity contribution in [2.24, 2.45) is 0 Å². The zero-order valence-electron chi connectivity index (χ0n) is 18.9. The first-order valence-electron chi connectivity index (χ1n) is 11.5. The van der Waals surface area contributed by atoms with Crippen LogP contribution in [0.3, 0.4) is 0 Å². The van der Waals surface area contributed by atoms with E-state index in [4.69, 9.17) is 22.1 Å². The first kappa shape index (κ1) is 21.9. The Morgan fingerprint density at radius 1 is 0.719 bits per heavy atom. The molecule has 0 radical (unpaired) electrons. The molecule has 2 fully saturated rings. The quantitative estimate of drug-likeness (QED) is 0.287. The van der Waals surface area contributed by atoms with E-state index in [-0.39, 0.29) is 4.75 Å². The fraction of sp³-hybridized carbons (Fsp3) is 0.357. The zero-order valence-corrected chi connectivity index (χ0v) is 20.7. The van der Waals surface area contributed by atoms with Crippen LogP contribution in [0, 0.1) is 0 Å². The molecule has 4 heteroatoms. The second-order valence-electron chi connectivity index (χ2n) is 9.20. The van der Waals surface area contributed by atoms with Crippen molar-refractivity contribution in [2.45, 2.75) is 41.7 Å². The lowest BCUT2D eigenvalue weighted by atomic mass is 9.91. The topological polar surface area (TPSA) is 18.5 Å². The number of benzene rings is 3. The van der Waals surface area contributed by atoms with E-state index >= 15 is 0 Å². The van der Waals surface area contributed by atoms with Crippen molar-refractivity contribution in [3.63, 3.8) is 0 Å². The van der Waals surface area contributed by atoms with Crippen molar-refractivity contribution in [3.05, 3.63) is 90.0 Å². The summed E-state index contributed by atoms with van der Waals surface area (Å²) >= 11 is 5.56. The molecular weight excluding hydrogens is 431 g/mol. The van der Waals surface area contributed by atoms with E-state index in [1.54, 1.807) is 19.5 Å². The van der Waals surface area contributed by atoms with Crippen molar-refractivity contribution in [1.29, 1.82) is 0 Å². The molecular formula is C28H32O2PS+. The number of methoxy groups -OCH3 is 2. The maximum atomic E-state index is 5.56. The van der Waals surface area contributed by atoms with Crippen molar-refractivity contribution in [1.82, 2.24) is 0 Å². The van der Waals surface area contributed by atoms with E-state index in [9.17, 15) is 0 Å². The number of hydrogen-bond donors (Lipinski definition) is 1. The third-order valence-electron chi connectivity index (χ3n) is 7.26. The standard InChI is InChI=1S/C28H31O2PS/c1-29-23-12-8-21(9-13-23)28(32,22-10-14-24(30-2)15-11-22)20-31(26-16-17-26,27-18-19-27)25-6-4-3-5-7-25/h3-15,26-27H,16-20H2,1-2H3/p+1. The Hall–Kier alpha value is -1.96. The molecule has 0 N–H and O–H groups in total. The van der Waals surface area contributed by atoms with E-state index in [1.807, 2.05) is 0 Å². The van der Waals surface area contributed by atoms with Crippen LogP contribution in [0.25, 0.3) is 0 Å². The summed E-state index contributed by atoms with van der Waals surface area (Å²) < 4.78 is 10.5. The smallest absolute Gasteiger partial charge is 0.118 e. The van der Waals surface area contributed by atoms with Crippen LogP contribution in [0.2, 0.25) is 0 Å². The van der Waals surface area contributed by atoms with Crippen molar-refractivity contribution < 1.29 is 9.47 Å². The van der Waals surface area contributed by atoms with Gasteiger partial charge in [-0.3, -0.25) is 0 Å². The molecule has 0 heterocycles. The van der Waals surface area contributed by atoms with Crippen LogP contribution in [-0.4, -0.2) is 31.7 Å². The molecule has 2 saturated carbocycles. The van der Waals surface area contributed by atoms with E-state index in [0.717, 1.165) is 29.0 Å². The molecule has 0 bridgehead atoms. The molecule has 2 nitrogen and oxygen atoms in total. The number of thiol groups is 1. The normalized spacial score (nSPS) is 16.6. The maximum absolute atomic E-state index is 5.56. The molecule has 0 amide bonds. The minimum Gasteiger partial charge on any atom is -0.497 e. The molecule has 166 valence electrons. The Morgan fingerprint density at radius 3 is 1.53 bits per heavy atom. The first-order chi connectivity index (χ1) is 15.6. The molecule has 0 spiro atoms. The lowest BCUT2D eigenvalue weighted by molar-refractivity contribution is 0.414. The van der Waals surface area contributed by atoms with E-state index < -0.39 is 7.26 Å².